The molecule has 242 valence electrons. The number of ether oxygens (including phenoxy) is 4. The summed E-state index contributed by atoms with van der Waals surface area (Å²) < 4.78 is 23.2. The van der Waals surface area contributed by atoms with Crippen LogP contribution in [0.5, 0.6) is 17.2 Å². The maximum atomic E-state index is 13.4. The number of esters is 1. The average Bonchev–Trinajstić information content (AvgIpc) is 3.04. The third-order valence-electron chi connectivity index (χ3n) is 10.9. The molecule has 1 spiro atoms. The first kappa shape index (κ1) is 30.9. The van der Waals surface area contributed by atoms with Crippen molar-refractivity contribution in [3.05, 3.63) is 89.0 Å². The van der Waals surface area contributed by atoms with E-state index in [-0.39, 0.29) is 12.2 Å². The summed E-state index contributed by atoms with van der Waals surface area (Å²) in [5.74, 6) is 2.42. The quantitative estimate of drug-likeness (QED) is 0.127. The smallest absolute Gasteiger partial charge is 0.315 e. The largest absolute Gasteiger partial charge is 0.493 e. The first-order valence-electron chi connectivity index (χ1n) is 16.4. The molecule has 1 heterocycles. The fourth-order valence-corrected chi connectivity index (χ4v) is 8.99. The van der Waals surface area contributed by atoms with E-state index in [2.05, 4.69) is 0 Å². The molecule has 8 nitrogen and oxygen atoms in total. The van der Waals surface area contributed by atoms with Gasteiger partial charge in [-0.2, -0.15) is 4.89 Å². The van der Waals surface area contributed by atoms with Crippen molar-refractivity contribution in [1.82, 2.24) is 0 Å². The Kier molecular flexibility index (Phi) is 8.38. The van der Waals surface area contributed by atoms with Crippen molar-refractivity contribution in [2.24, 2.45) is 23.7 Å². The maximum absolute atomic E-state index is 13.4. The van der Waals surface area contributed by atoms with Gasteiger partial charge in [0, 0.05) is 25.5 Å². The predicted molar refractivity (Wildman–Crippen MR) is 169 cm³/mol. The van der Waals surface area contributed by atoms with Gasteiger partial charge in [0.05, 0.1) is 20.6 Å². The van der Waals surface area contributed by atoms with Crippen LogP contribution in [0.2, 0.25) is 0 Å². The molecule has 0 aromatic heterocycles. The van der Waals surface area contributed by atoms with Gasteiger partial charge in [-0.3, -0.25) is 9.59 Å². The van der Waals surface area contributed by atoms with E-state index in [4.69, 9.17) is 28.7 Å². The van der Waals surface area contributed by atoms with Crippen LogP contribution in [-0.2, 0) is 49.2 Å². The van der Waals surface area contributed by atoms with Gasteiger partial charge < -0.3 is 18.9 Å². The molecule has 1 aliphatic heterocycles. The van der Waals surface area contributed by atoms with Gasteiger partial charge in [-0.1, -0.05) is 42.5 Å². The van der Waals surface area contributed by atoms with Crippen molar-refractivity contribution in [2.45, 2.75) is 69.2 Å². The highest BCUT2D eigenvalue weighted by Crippen LogP contribution is 2.69. The Balaban J connectivity index is 1.08. The summed E-state index contributed by atoms with van der Waals surface area (Å²) in [6, 6.07) is 20.8. The molecule has 4 bridgehead atoms. The number of Topliss-reactive ketones (excluding diaryl/α,β-unsaturated/α-hetero) is 1. The Bertz CT molecular complexity index is 1570. The van der Waals surface area contributed by atoms with Crippen LogP contribution in [0.15, 0.2) is 66.7 Å². The SMILES string of the molecule is COc1cc(CCC(=O)Cc2ccccc2)c(CC(=O)Oc2cccc(C3(OC)OOC34C3CC5CC(C3)CC4C5)c2)cc1OC. The van der Waals surface area contributed by atoms with Crippen LogP contribution in [0.1, 0.15) is 60.8 Å². The summed E-state index contributed by atoms with van der Waals surface area (Å²) in [5.41, 5.74) is 2.82. The molecule has 3 aromatic carbocycles. The minimum absolute atomic E-state index is 0.00130. The third kappa shape index (κ3) is 5.30. The molecule has 4 saturated carbocycles. The lowest BCUT2D eigenvalue weighted by Gasteiger charge is -2.68. The van der Waals surface area contributed by atoms with E-state index < -0.39 is 17.4 Å². The highest BCUT2D eigenvalue weighted by Gasteiger charge is 2.76. The number of aryl methyl sites for hydroxylation is 1. The zero-order chi connectivity index (χ0) is 31.9. The molecule has 3 aromatic rings. The highest BCUT2D eigenvalue weighted by molar-refractivity contribution is 5.81. The summed E-state index contributed by atoms with van der Waals surface area (Å²) in [4.78, 5) is 38.3. The monoisotopic (exact) mass is 626 g/mol. The van der Waals surface area contributed by atoms with Crippen molar-refractivity contribution < 1.29 is 38.3 Å². The van der Waals surface area contributed by atoms with Gasteiger partial charge in [0.15, 0.2) is 17.1 Å². The second-order valence-corrected chi connectivity index (χ2v) is 13.4. The minimum atomic E-state index is -1.04. The van der Waals surface area contributed by atoms with Gasteiger partial charge in [-0.05, 0) is 103 Å². The Labute approximate surface area is 270 Å². The molecule has 8 heteroatoms. The van der Waals surface area contributed by atoms with Crippen LogP contribution in [0.4, 0.5) is 0 Å². The number of methoxy groups -OCH3 is 3. The standard InChI is InChI=1S/C38H42O8/c1-41-34-20-27(12-13-32(39)19-24-8-5-4-6-9-24)28(21-35(34)42-2)22-36(40)44-33-11-7-10-29(23-33)38(43-3)37(45-46-38)30-15-25-14-26(17-30)18-31(37)16-25/h4-11,20-21,23,25-26,30-31H,12-19,22H2,1-3H3. The number of benzene rings is 3. The number of hydrogen-bond donors (Lipinski definition) is 0. The van der Waals surface area contributed by atoms with Crippen LogP contribution in [-0.4, -0.2) is 38.7 Å². The summed E-state index contributed by atoms with van der Waals surface area (Å²) in [5, 5.41) is 0. The van der Waals surface area contributed by atoms with Crippen LogP contribution in [0.25, 0.3) is 0 Å². The van der Waals surface area contributed by atoms with E-state index >= 15 is 0 Å². The van der Waals surface area contributed by atoms with Crippen LogP contribution in [0, 0.1) is 23.7 Å². The lowest BCUT2D eigenvalue weighted by Crippen LogP contribution is -2.76. The third-order valence-corrected chi connectivity index (χ3v) is 10.9. The van der Waals surface area contributed by atoms with Crippen molar-refractivity contribution in [3.63, 3.8) is 0 Å². The zero-order valence-electron chi connectivity index (χ0n) is 26.8. The fourth-order valence-electron chi connectivity index (χ4n) is 8.99. The molecule has 46 heavy (non-hydrogen) atoms. The molecule has 5 aliphatic rings. The van der Waals surface area contributed by atoms with Gasteiger partial charge in [-0.15, -0.1) is 0 Å². The van der Waals surface area contributed by atoms with Gasteiger partial charge in [0.25, 0.3) is 5.79 Å². The average molecular weight is 627 g/mol. The van der Waals surface area contributed by atoms with Crippen molar-refractivity contribution in [1.29, 1.82) is 0 Å². The van der Waals surface area contributed by atoms with E-state index in [1.54, 1.807) is 33.5 Å². The Morgan fingerprint density at radius 1 is 0.761 bits per heavy atom. The van der Waals surface area contributed by atoms with Crippen molar-refractivity contribution >= 4 is 11.8 Å². The molecule has 0 amide bonds. The highest BCUT2D eigenvalue weighted by atomic mass is 17.3. The molecule has 4 aliphatic carbocycles. The number of hydrogen-bond acceptors (Lipinski definition) is 8. The Morgan fingerprint density at radius 2 is 1.43 bits per heavy atom. The van der Waals surface area contributed by atoms with Crippen molar-refractivity contribution in [3.8, 4) is 17.2 Å². The zero-order valence-corrected chi connectivity index (χ0v) is 26.8. The molecular weight excluding hydrogens is 584 g/mol. The topological polar surface area (TPSA) is 89.5 Å². The summed E-state index contributed by atoms with van der Waals surface area (Å²) in [7, 11) is 4.81. The normalized spacial score (nSPS) is 28.9. The first-order chi connectivity index (χ1) is 22.4. The van der Waals surface area contributed by atoms with Crippen LogP contribution in [0.3, 0.4) is 0 Å². The summed E-state index contributed by atoms with van der Waals surface area (Å²) >= 11 is 0. The van der Waals surface area contributed by atoms with Gasteiger partial charge in [-0.25, -0.2) is 4.89 Å². The molecule has 1 saturated heterocycles. The van der Waals surface area contributed by atoms with Gasteiger partial charge in [0.1, 0.15) is 11.5 Å². The summed E-state index contributed by atoms with van der Waals surface area (Å²) in [6.45, 7) is 0. The molecule has 0 radical (unpaired) electrons. The van der Waals surface area contributed by atoms with E-state index in [1.807, 2.05) is 54.6 Å². The maximum Gasteiger partial charge on any atom is 0.315 e. The number of rotatable bonds is 12. The predicted octanol–water partition coefficient (Wildman–Crippen LogP) is 6.55. The molecule has 5 fully saturated rings. The Hall–Kier alpha value is -3.72. The number of carbonyl (C=O) groups excluding carboxylic acids is 2. The lowest BCUT2D eigenvalue weighted by atomic mass is 9.47. The molecule has 8 rings (SSSR count). The summed E-state index contributed by atoms with van der Waals surface area (Å²) in [6.07, 6.45) is 7.06. The molecule has 1 atom stereocenters. The number of carbonyl (C=O) groups is 2. The Morgan fingerprint density at radius 3 is 2.04 bits per heavy atom. The molecular formula is C38H42O8. The minimum Gasteiger partial charge on any atom is -0.493 e. The van der Waals surface area contributed by atoms with E-state index in [1.165, 1.54) is 6.42 Å². The molecule has 1 unspecified atom stereocenters. The van der Waals surface area contributed by atoms with Gasteiger partial charge in [0.2, 0.25) is 0 Å². The van der Waals surface area contributed by atoms with Crippen LogP contribution >= 0.6 is 0 Å². The van der Waals surface area contributed by atoms with E-state index in [0.29, 0.717) is 48.3 Å². The number of ketones is 1. The lowest BCUT2D eigenvalue weighted by molar-refractivity contribution is -0.645. The second kappa shape index (κ2) is 12.5. The first-order valence-corrected chi connectivity index (χ1v) is 16.4. The van der Waals surface area contributed by atoms with Gasteiger partial charge >= 0.3 is 5.97 Å². The fraction of sp³-hybridized carbons (Fsp3) is 0.474. The van der Waals surface area contributed by atoms with Crippen LogP contribution < -0.4 is 14.2 Å². The van der Waals surface area contributed by atoms with Crippen molar-refractivity contribution in [2.75, 3.05) is 21.3 Å². The molecule has 0 N–H and O–H groups in total. The second-order valence-electron chi connectivity index (χ2n) is 13.4. The van der Waals surface area contributed by atoms with E-state index in [0.717, 1.165) is 59.8 Å². The van der Waals surface area contributed by atoms with E-state index in [9.17, 15) is 9.59 Å².